The number of aryl methyl sites for hydroxylation is 1. The molecule has 0 unspecified atom stereocenters. The van der Waals surface area contributed by atoms with E-state index in [9.17, 15) is 9.90 Å². The van der Waals surface area contributed by atoms with Gasteiger partial charge in [0.1, 0.15) is 0 Å². The fraction of sp³-hybridized carbons (Fsp3) is 0.474. The van der Waals surface area contributed by atoms with Gasteiger partial charge in [-0.15, -0.1) is 0 Å². The molecule has 25 heavy (non-hydrogen) atoms. The van der Waals surface area contributed by atoms with E-state index < -0.39 is 6.10 Å². The Kier molecular flexibility index (Phi) is 4.55. The number of amides is 1. The maximum Gasteiger partial charge on any atom is 0.274 e. The lowest BCUT2D eigenvalue weighted by atomic mass is 10.1. The molecule has 0 bridgehead atoms. The van der Waals surface area contributed by atoms with Crippen LogP contribution in [0.4, 0.5) is 0 Å². The van der Waals surface area contributed by atoms with E-state index in [1.54, 1.807) is 0 Å². The minimum absolute atomic E-state index is 0.0441. The Balaban J connectivity index is 1.33. The second kappa shape index (κ2) is 6.98. The first kappa shape index (κ1) is 16.3. The molecule has 1 fully saturated rings. The molecule has 4 rings (SSSR count). The van der Waals surface area contributed by atoms with Gasteiger partial charge in [-0.25, -0.2) is 0 Å². The quantitative estimate of drug-likeness (QED) is 0.882. The lowest BCUT2D eigenvalue weighted by Gasteiger charge is -2.35. The zero-order chi connectivity index (χ0) is 17.2. The van der Waals surface area contributed by atoms with E-state index in [4.69, 9.17) is 0 Å². The van der Waals surface area contributed by atoms with E-state index in [1.165, 1.54) is 0 Å². The Hall–Kier alpha value is -2.18. The van der Waals surface area contributed by atoms with Crippen LogP contribution in [0.2, 0.25) is 0 Å². The van der Waals surface area contributed by atoms with Gasteiger partial charge in [0.15, 0.2) is 5.69 Å². The van der Waals surface area contributed by atoms with Crippen molar-refractivity contribution in [2.75, 3.05) is 32.7 Å². The molecule has 0 spiro atoms. The van der Waals surface area contributed by atoms with E-state index in [0.29, 0.717) is 25.3 Å². The Morgan fingerprint density at radius 1 is 1.16 bits per heavy atom. The normalized spacial score (nSPS) is 19.0. The summed E-state index contributed by atoms with van der Waals surface area (Å²) in [5.74, 6) is 0.0441. The van der Waals surface area contributed by atoms with Gasteiger partial charge < -0.3 is 10.0 Å². The number of β-amino-alcohol motifs (C(OH)–C–C–N with tert-alkyl or cyclic N) is 1. The fourth-order valence-electron chi connectivity index (χ4n) is 3.80. The maximum absolute atomic E-state index is 12.7. The Labute approximate surface area is 147 Å². The predicted octanol–water partition coefficient (Wildman–Crippen LogP) is 1.39. The molecule has 6 nitrogen and oxygen atoms in total. The van der Waals surface area contributed by atoms with Crippen LogP contribution in [0.25, 0.3) is 0 Å². The van der Waals surface area contributed by atoms with Crippen LogP contribution in [-0.4, -0.2) is 63.7 Å². The van der Waals surface area contributed by atoms with Gasteiger partial charge in [0, 0.05) is 44.0 Å². The third-order valence-corrected chi connectivity index (χ3v) is 5.28. The van der Waals surface area contributed by atoms with Crippen LogP contribution in [0, 0.1) is 0 Å². The molecule has 6 heteroatoms. The van der Waals surface area contributed by atoms with Crippen LogP contribution in [-0.2, 0) is 12.8 Å². The largest absolute Gasteiger partial charge is 0.387 e. The number of rotatable bonds is 4. The second-order valence-corrected chi connectivity index (χ2v) is 6.90. The number of aromatic nitrogens is 2. The van der Waals surface area contributed by atoms with Crippen LogP contribution >= 0.6 is 0 Å². The fourth-order valence-corrected chi connectivity index (χ4v) is 3.80. The Bertz CT molecular complexity index is 735. The van der Waals surface area contributed by atoms with Gasteiger partial charge in [0.2, 0.25) is 0 Å². The average molecular weight is 340 g/mol. The van der Waals surface area contributed by atoms with Crippen molar-refractivity contribution in [3.8, 4) is 0 Å². The summed E-state index contributed by atoms with van der Waals surface area (Å²) in [6, 6.07) is 9.73. The van der Waals surface area contributed by atoms with Crippen LogP contribution in [0.15, 0.2) is 30.3 Å². The Morgan fingerprint density at radius 3 is 2.68 bits per heavy atom. The number of benzene rings is 1. The lowest BCUT2D eigenvalue weighted by molar-refractivity contribution is 0.0522. The number of aliphatic hydroxyl groups excluding tert-OH is 1. The molecule has 0 radical (unpaired) electrons. The summed E-state index contributed by atoms with van der Waals surface area (Å²) in [5.41, 5.74) is 3.80. The molecule has 1 aromatic carbocycles. The molecule has 132 valence electrons. The van der Waals surface area contributed by atoms with Crippen molar-refractivity contribution in [2.24, 2.45) is 0 Å². The summed E-state index contributed by atoms with van der Waals surface area (Å²) in [5, 5.41) is 17.6. The number of nitrogens with one attached hydrogen (secondary N) is 1. The number of nitrogens with zero attached hydrogens (tertiary/aromatic N) is 3. The lowest BCUT2D eigenvalue weighted by Crippen LogP contribution is -2.49. The molecular formula is C19H24N4O2. The van der Waals surface area contributed by atoms with Gasteiger partial charge in [0.25, 0.3) is 5.91 Å². The van der Waals surface area contributed by atoms with E-state index in [0.717, 1.165) is 49.2 Å². The summed E-state index contributed by atoms with van der Waals surface area (Å²) in [6.07, 6.45) is 2.57. The molecule has 2 N–H and O–H groups in total. The molecule has 2 heterocycles. The van der Waals surface area contributed by atoms with Crippen molar-refractivity contribution < 1.29 is 9.90 Å². The molecule has 1 amide bonds. The van der Waals surface area contributed by atoms with Crippen molar-refractivity contribution in [2.45, 2.75) is 25.4 Å². The zero-order valence-electron chi connectivity index (χ0n) is 14.3. The first-order valence-electron chi connectivity index (χ1n) is 9.03. The number of fused-ring (bicyclic) bond motifs is 1. The summed E-state index contributed by atoms with van der Waals surface area (Å²) in [4.78, 5) is 16.9. The standard InChI is InChI=1S/C19H24N4O2/c24-17(14-5-2-1-3-6-14)13-22-9-11-23(12-10-22)19(25)18-15-7-4-8-16(15)20-21-18/h1-3,5-6,17,24H,4,7-13H2,(H,20,21)/t17-/m1/s1. The van der Waals surface area contributed by atoms with Crippen molar-refractivity contribution in [1.29, 1.82) is 0 Å². The number of carbonyl (C=O) groups excluding carboxylic acids is 1. The number of aromatic amines is 1. The third-order valence-electron chi connectivity index (χ3n) is 5.28. The van der Waals surface area contributed by atoms with E-state index >= 15 is 0 Å². The summed E-state index contributed by atoms with van der Waals surface area (Å²) < 4.78 is 0. The van der Waals surface area contributed by atoms with Gasteiger partial charge in [0.05, 0.1) is 6.10 Å². The van der Waals surface area contributed by atoms with Gasteiger partial charge in [-0.3, -0.25) is 14.8 Å². The zero-order valence-corrected chi connectivity index (χ0v) is 14.3. The van der Waals surface area contributed by atoms with Crippen molar-refractivity contribution in [3.05, 3.63) is 52.8 Å². The van der Waals surface area contributed by atoms with Crippen LogP contribution in [0.5, 0.6) is 0 Å². The molecule has 1 aliphatic heterocycles. The predicted molar refractivity (Wildman–Crippen MR) is 94.4 cm³/mol. The number of hydrogen-bond donors (Lipinski definition) is 2. The molecular weight excluding hydrogens is 316 g/mol. The topological polar surface area (TPSA) is 72.5 Å². The number of H-pyrrole nitrogens is 1. The average Bonchev–Trinajstić information content (AvgIpc) is 3.26. The van der Waals surface area contributed by atoms with Gasteiger partial charge in [-0.1, -0.05) is 30.3 Å². The molecule has 0 saturated carbocycles. The second-order valence-electron chi connectivity index (χ2n) is 6.90. The number of aliphatic hydroxyl groups is 1. The van der Waals surface area contributed by atoms with Crippen LogP contribution < -0.4 is 0 Å². The summed E-state index contributed by atoms with van der Waals surface area (Å²) in [6.45, 7) is 3.53. The van der Waals surface area contributed by atoms with E-state index in [-0.39, 0.29) is 5.91 Å². The number of carbonyl (C=O) groups is 1. The SMILES string of the molecule is O=C(c1n[nH]c2c1CCC2)N1CCN(C[C@@H](O)c2ccccc2)CC1. The van der Waals surface area contributed by atoms with Gasteiger partial charge in [-0.05, 0) is 24.8 Å². The van der Waals surface area contributed by atoms with Gasteiger partial charge in [-0.2, -0.15) is 5.10 Å². The highest BCUT2D eigenvalue weighted by Gasteiger charge is 2.29. The maximum atomic E-state index is 12.7. The monoisotopic (exact) mass is 340 g/mol. The highest BCUT2D eigenvalue weighted by Crippen LogP contribution is 2.24. The van der Waals surface area contributed by atoms with Crippen molar-refractivity contribution in [1.82, 2.24) is 20.0 Å². The molecule has 1 aliphatic carbocycles. The minimum Gasteiger partial charge on any atom is -0.387 e. The van der Waals surface area contributed by atoms with Crippen molar-refractivity contribution in [3.63, 3.8) is 0 Å². The molecule has 1 atom stereocenters. The van der Waals surface area contributed by atoms with E-state index in [2.05, 4.69) is 15.1 Å². The van der Waals surface area contributed by atoms with Crippen LogP contribution in [0.3, 0.4) is 0 Å². The smallest absolute Gasteiger partial charge is 0.274 e. The van der Waals surface area contributed by atoms with E-state index in [1.807, 2.05) is 35.2 Å². The summed E-state index contributed by atoms with van der Waals surface area (Å²) in [7, 11) is 0. The molecule has 1 saturated heterocycles. The molecule has 1 aromatic heterocycles. The number of hydrogen-bond acceptors (Lipinski definition) is 4. The van der Waals surface area contributed by atoms with Crippen LogP contribution in [0.1, 0.15) is 39.8 Å². The summed E-state index contributed by atoms with van der Waals surface area (Å²) >= 11 is 0. The first-order valence-corrected chi connectivity index (χ1v) is 9.03. The Morgan fingerprint density at radius 2 is 1.92 bits per heavy atom. The molecule has 2 aliphatic rings. The van der Waals surface area contributed by atoms with Crippen molar-refractivity contribution >= 4 is 5.91 Å². The number of piperazine rings is 1. The van der Waals surface area contributed by atoms with Gasteiger partial charge >= 0.3 is 0 Å². The molecule has 2 aromatic rings. The minimum atomic E-state index is -0.488. The third kappa shape index (κ3) is 3.32. The first-order chi connectivity index (χ1) is 12.2. The highest BCUT2D eigenvalue weighted by atomic mass is 16.3. The highest BCUT2D eigenvalue weighted by molar-refractivity contribution is 5.94.